The molecule has 3 nitrogen and oxygen atoms in total. The summed E-state index contributed by atoms with van der Waals surface area (Å²) in [4.78, 5) is 5.14. The number of hydrogen-bond donors (Lipinski definition) is 2. The number of aliphatic hydroxyl groups excluding tert-OH is 1. The summed E-state index contributed by atoms with van der Waals surface area (Å²) in [5.41, 5.74) is -0.0343. The Morgan fingerprint density at radius 2 is 2.21 bits per heavy atom. The number of rotatable bonds is 5. The Morgan fingerprint density at radius 1 is 1.42 bits per heavy atom. The smallest absolute Gasteiger partial charge is 0.129 e. The van der Waals surface area contributed by atoms with Crippen LogP contribution in [-0.2, 0) is 6.54 Å². The van der Waals surface area contributed by atoms with Crippen molar-refractivity contribution in [3.05, 3.63) is 51.5 Å². The molecule has 102 valence electrons. The molecule has 2 aromatic rings. The summed E-state index contributed by atoms with van der Waals surface area (Å²) in [5.74, 6) is -1.17. The molecule has 2 rings (SSSR count). The van der Waals surface area contributed by atoms with Crippen LogP contribution >= 0.6 is 11.3 Å². The average molecular weight is 284 g/mol. The summed E-state index contributed by atoms with van der Waals surface area (Å²) in [6.45, 7) is 2.60. The quantitative estimate of drug-likeness (QED) is 0.887. The summed E-state index contributed by atoms with van der Waals surface area (Å²) >= 11 is 1.55. The van der Waals surface area contributed by atoms with E-state index >= 15 is 0 Å². The van der Waals surface area contributed by atoms with E-state index in [-0.39, 0.29) is 12.1 Å². The molecule has 0 aliphatic heterocycles. The SMILES string of the molecule is Cc1ncc(CNCC(O)c2cc(F)ccc2F)s1. The molecule has 6 heteroatoms. The summed E-state index contributed by atoms with van der Waals surface area (Å²) in [6.07, 6.45) is 0.673. The third-order valence-electron chi connectivity index (χ3n) is 2.62. The molecule has 19 heavy (non-hydrogen) atoms. The Balaban J connectivity index is 1.90. The first-order valence-electron chi connectivity index (χ1n) is 5.81. The molecule has 0 saturated carbocycles. The van der Waals surface area contributed by atoms with Gasteiger partial charge in [-0.15, -0.1) is 11.3 Å². The minimum Gasteiger partial charge on any atom is -0.387 e. The Bertz CT molecular complexity index is 559. The molecule has 0 aliphatic rings. The van der Waals surface area contributed by atoms with Crippen LogP contribution in [0.4, 0.5) is 8.78 Å². The number of halogens is 2. The molecule has 0 aliphatic carbocycles. The number of aromatic nitrogens is 1. The number of aliphatic hydroxyl groups is 1. The summed E-state index contributed by atoms with van der Waals surface area (Å²) in [6, 6.07) is 3.05. The van der Waals surface area contributed by atoms with E-state index in [0.717, 1.165) is 28.1 Å². The molecular weight excluding hydrogens is 270 g/mol. The van der Waals surface area contributed by atoms with Gasteiger partial charge in [0.15, 0.2) is 0 Å². The topological polar surface area (TPSA) is 45.2 Å². The van der Waals surface area contributed by atoms with E-state index in [2.05, 4.69) is 10.3 Å². The van der Waals surface area contributed by atoms with Gasteiger partial charge in [-0.1, -0.05) is 0 Å². The molecule has 1 atom stereocenters. The van der Waals surface area contributed by atoms with Gasteiger partial charge in [-0.2, -0.15) is 0 Å². The van der Waals surface area contributed by atoms with Crippen molar-refractivity contribution in [3.8, 4) is 0 Å². The highest BCUT2D eigenvalue weighted by Crippen LogP contribution is 2.18. The molecule has 1 unspecified atom stereocenters. The van der Waals surface area contributed by atoms with Gasteiger partial charge in [0, 0.05) is 29.7 Å². The number of hydrogen-bond acceptors (Lipinski definition) is 4. The van der Waals surface area contributed by atoms with Crippen LogP contribution in [0.25, 0.3) is 0 Å². The van der Waals surface area contributed by atoms with Gasteiger partial charge >= 0.3 is 0 Å². The molecule has 0 fully saturated rings. The van der Waals surface area contributed by atoms with Gasteiger partial charge in [0.2, 0.25) is 0 Å². The Hall–Kier alpha value is -1.37. The third kappa shape index (κ3) is 3.79. The minimum absolute atomic E-state index is 0.0343. The minimum atomic E-state index is -1.08. The molecule has 0 amide bonds. The van der Waals surface area contributed by atoms with Crippen molar-refractivity contribution in [2.75, 3.05) is 6.54 Å². The average Bonchev–Trinajstić information content (AvgIpc) is 2.78. The van der Waals surface area contributed by atoms with Crippen LogP contribution < -0.4 is 5.32 Å². The van der Waals surface area contributed by atoms with Crippen LogP contribution in [0.2, 0.25) is 0 Å². The molecule has 0 bridgehead atoms. The molecule has 2 N–H and O–H groups in total. The highest BCUT2D eigenvalue weighted by Gasteiger charge is 2.13. The second-order valence-electron chi connectivity index (χ2n) is 4.16. The van der Waals surface area contributed by atoms with Gasteiger partial charge in [0.25, 0.3) is 0 Å². The number of nitrogens with zero attached hydrogens (tertiary/aromatic N) is 1. The Labute approximate surface area is 113 Å². The van der Waals surface area contributed by atoms with E-state index in [1.54, 1.807) is 17.5 Å². The fraction of sp³-hybridized carbons (Fsp3) is 0.308. The first-order valence-corrected chi connectivity index (χ1v) is 6.63. The number of nitrogens with one attached hydrogen (secondary N) is 1. The first kappa shape index (κ1) is 14.0. The fourth-order valence-corrected chi connectivity index (χ4v) is 2.46. The van der Waals surface area contributed by atoms with Crippen LogP contribution in [0.1, 0.15) is 21.6 Å². The van der Waals surface area contributed by atoms with Gasteiger partial charge in [-0.25, -0.2) is 13.8 Å². The maximum atomic E-state index is 13.4. The van der Waals surface area contributed by atoms with Crippen molar-refractivity contribution in [1.82, 2.24) is 10.3 Å². The van der Waals surface area contributed by atoms with E-state index in [1.165, 1.54) is 0 Å². The summed E-state index contributed by atoms with van der Waals surface area (Å²) in [7, 11) is 0. The van der Waals surface area contributed by atoms with E-state index in [1.807, 2.05) is 6.92 Å². The van der Waals surface area contributed by atoms with Crippen LogP contribution in [0.3, 0.4) is 0 Å². The molecule has 0 spiro atoms. The van der Waals surface area contributed by atoms with Crippen molar-refractivity contribution in [2.24, 2.45) is 0 Å². The number of thiazole rings is 1. The highest BCUT2D eigenvalue weighted by molar-refractivity contribution is 7.11. The lowest BCUT2D eigenvalue weighted by molar-refractivity contribution is 0.169. The summed E-state index contributed by atoms with van der Waals surface area (Å²) in [5, 5.41) is 13.8. The van der Waals surface area contributed by atoms with Gasteiger partial charge in [-0.3, -0.25) is 0 Å². The molecule has 1 aromatic heterocycles. The largest absolute Gasteiger partial charge is 0.387 e. The summed E-state index contributed by atoms with van der Waals surface area (Å²) < 4.78 is 26.4. The van der Waals surface area contributed by atoms with E-state index in [0.29, 0.717) is 6.54 Å². The molecule has 1 aromatic carbocycles. The monoisotopic (exact) mass is 284 g/mol. The molecule has 0 saturated heterocycles. The maximum absolute atomic E-state index is 13.4. The second kappa shape index (κ2) is 6.18. The lowest BCUT2D eigenvalue weighted by atomic mass is 10.1. The van der Waals surface area contributed by atoms with Crippen molar-refractivity contribution in [1.29, 1.82) is 0 Å². The van der Waals surface area contributed by atoms with E-state index in [4.69, 9.17) is 0 Å². The van der Waals surface area contributed by atoms with Gasteiger partial charge in [-0.05, 0) is 25.1 Å². The lowest BCUT2D eigenvalue weighted by Crippen LogP contribution is -2.21. The van der Waals surface area contributed by atoms with Crippen molar-refractivity contribution >= 4 is 11.3 Å². The van der Waals surface area contributed by atoms with Crippen LogP contribution in [0.5, 0.6) is 0 Å². The van der Waals surface area contributed by atoms with E-state index in [9.17, 15) is 13.9 Å². The zero-order valence-corrected chi connectivity index (χ0v) is 11.2. The molecule has 1 heterocycles. The van der Waals surface area contributed by atoms with Crippen LogP contribution in [0.15, 0.2) is 24.4 Å². The van der Waals surface area contributed by atoms with Gasteiger partial charge in [0.1, 0.15) is 11.6 Å². The van der Waals surface area contributed by atoms with Crippen molar-refractivity contribution in [2.45, 2.75) is 19.6 Å². The normalized spacial score (nSPS) is 12.6. The number of benzene rings is 1. The van der Waals surface area contributed by atoms with Crippen LogP contribution in [-0.4, -0.2) is 16.6 Å². The third-order valence-corrected chi connectivity index (χ3v) is 3.54. The first-order chi connectivity index (χ1) is 9.06. The molecular formula is C13H14F2N2OS. The standard InChI is InChI=1S/C13H14F2N2OS/c1-8-17-6-10(19-8)5-16-7-13(18)11-4-9(14)2-3-12(11)15/h2-4,6,13,16,18H,5,7H2,1H3. The van der Waals surface area contributed by atoms with Crippen molar-refractivity contribution < 1.29 is 13.9 Å². The van der Waals surface area contributed by atoms with Crippen molar-refractivity contribution in [3.63, 3.8) is 0 Å². The Kier molecular flexibility index (Phi) is 4.57. The van der Waals surface area contributed by atoms with E-state index < -0.39 is 17.7 Å². The lowest BCUT2D eigenvalue weighted by Gasteiger charge is -2.12. The van der Waals surface area contributed by atoms with Crippen LogP contribution in [0, 0.1) is 18.6 Å². The maximum Gasteiger partial charge on any atom is 0.129 e. The zero-order valence-electron chi connectivity index (χ0n) is 10.4. The Morgan fingerprint density at radius 3 is 2.89 bits per heavy atom. The van der Waals surface area contributed by atoms with Gasteiger partial charge < -0.3 is 10.4 Å². The predicted octanol–water partition coefficient (Wildman–Crippen LogP) is 2.55. The zero-order chi connectivity index (χ0) is 13.8. The number of aryl methyl sites for hydroxylation is 1. The predicted molar refractivity (Wildman–Crippen MR) is 69.9 cm³/mol. The fourth-order valence-electron chi connectivity index (χ4n) is 1.70. The molecule has 0 radical (unpaired) electrons. The highest BCUT2D eigenvalue weighted by atomic mass is 32.1. The van der Waals surface area contributed by atoms with Gasteiger partial charge in [0.05, 0.1) is 11.1 Å². The second-order valence-corrected chi connectivity index (χ2v) is 5.48.